The van der Waals surface area contributed by atoms with E-state index in [-0.39, 0.29) is 11.0 Å². The molecule has 0 amide bonds. The van der Waals surface area contributed by atoms with E-state index in [1.165, 1.54) is 19.4 Å². The average molecular weight is 270 g/mol. The summed E-state index contributed by atoms with van der Waals surface area (Å²) in [6.07, 6.45) is 5.79. The van der Waals surface area contributed by atoms with Crippen molar-refractivity contribution in [2.24, 2.45) is 4.99 Å². The van der Waals surface area contributed by atoms with Crippen LogP contribution < -0.4 is 5.48 Å². The second kappa shape index (κ2) is 6.22. The maximum atomic E-state index is 11.3. The van der Waals surface area contributed by atoms with Crippen LogP contribution in [0.3, 0.4) is 0 Å². The van der Waals surface area contributed by atoms with Crippen LogP contribution in [0.1, 0.15) is 6.92 Å². The van der Waals surface area contributed by atoms with Gasteiger partial charge < -0.3 is 0 Å². The third-order valence-corrected chi connectivity index (χ3v) is 2.58. The molecular formula is C10H14N4O3S. The van der Waals surface area contributed by atoms with Gasteiger partial charge in [0.05, 0.1) is 7.11 Å². The Hall–Kier alpha value is -1.80. The molecular weight excluding hydrogens is 256 g/mol. The number of nitrogens with one attached hydrogen (secondary N) is 1. The van der Waals surface area contributed by atoms with Crippen LogP contribution in [0.25, 0.3) is 0 Å². The summed E-state index contributed by atoms with van der Waals surface area (Å²) < 4.78 is 22.6. The van der Waals surface area contributed by atoms with Crippen LogP contribution in [0.5, 0.6) is 0 Å². The van der Waals surface area contributed by atoms with E-state index in [4.69, 9.17) is 4.84 Å². The third-order valence-electron chi connectivity index (χ3n) is 1.72. The van der Waals surface area contributed by atoms with Gasteiger partial charge >= 0.3 is 0 Å². The molecule has 0 atom stereocenters. The number of hydrogen-bond acceptors (Lipinski definition) is 6. The highest BCUT2D eigenvalue weighted by Gasteiger charge is 2.11. The molecule has 98 valence electrons. The van der Waals surface area contributed by atoms with E-state index < -0.39 is 9.84 Å². The van der Waals surface area contributed by atoms with E-state index in [2.05, 4.69) is 20.4 Å². The van der Waals surface area contributed by atoms with E-state index in [0.717, 1.165) is 6.26 Å². The maximum Gasteiger partial charge on any atom is 0.248 e. The van der Waals surface area contributed by atoms with Gasteiger partial charge in [-0.05, 0) is 13.0 Å². The van der Waals surface area contributed by atoms with Gasteiger partial charge in [-0.15, -0.1) is 0 Å². The van der Waals surface area contributed by atoms with Crippen LogP contribution in [0, 0.1) is 0 Å². The molecule has 0 radical (unpaired) electrons. The molecule has 1 heterocycles. The van der Waals surface area contributed by atoms with E-state index in [9.17, 15) is 8.42 Å². The fourth-order valence-corrected chi connectivity index (χ4v) is 1.56. The molecule has 18 heavy (non-hydrogen) atoms. The predicted octanol–water partition coefficient (Wildman–Crippen LogP) is 0.637. The minimum absolute atomic E-state index is 0.225. The molecule has 1 aromatic heterocycles. The Kier molecular flexibility index (Phi) is 4.93. The molecule has 0 aromatic carbocycles. The highest BCUT2D eigenvalue weighted by Crippen LogP contribution is 2.10. The SMILES string of the molecule is C/C=C\C(=Nc1ccnc(S(C)(=O)=O)n1)NOC. The van der Waals surface area contributed by atoms with Crippen molar-refractivity contribution in [1.82, 2.24) is 15.4 Å². The monoisotopic (exact) mass is 270 g/mol. The standard InChI is InChI=1S/C10H14N4O3S/c1-4-5-9(14-17-2)12-8-6-7-11-10(13-8)18(3,15)16/h4-7H,1-3H3,(H,11,12,13,14)/b5-4-. The molecule has 0 spiro atoms. The Morgan fingerprint density at radius 2 is 2.28 bits per heavy atom. The number of rotatable bonds is 4. The molecule has 1 aromatic rings. The quantitative estimate of drug-likeness (QED) is 0.373. The van der Waals surface area contributed by atoms with Gasteiger partial charge in [0.15, 0.2) is 11.7 Å². The Morgan fingerprint density at radius 1 is 1.56 bits per heavy atom. The molecule has 0 aliphatic rings. The second-order valence-corrected chi connectivity index (χ2v) is 5.18. The number of aromatic nitrogens is 2. The Morgan fingerprint density at radius 3 is 2.83 bits per heavy atom. The number of hydrogen-bond donors (Lipinski definition) is 1. The van der Waals surface area contributed by atoms with E-state index >= 15 is 0 Å². The lowest BCUT2D eigenvalue weighted by Gasteiger charge is -2.03. The first-order valence-corrected chi connectivity index (χ1v) is 6.90. The lowest BCUT2D eigenvalue weighted by atomic mass is 10.5. The number of amidine groups is 1. The third kappa shape index (κ3) is 4.22. The van der Waals surface area contributed by atoms with Crippen molar-refractivity contribution in [1.29, 1.82) is 0 Å². The average Bonchev–Trinajstić information content (AvgIpc) is 2.29. The summed E-state index contributed by atoms with van der Waals surface area (Å²) >= 11 is 0. The van der Waals surface area contributed by atoms with Crippen LogP contribution in [0.2, 0.25) is 0 Å². The first-order chi connectivity index (χ1) is 8.47. The zero-order valence-corrected chi connectivity index (χ0v) is 11.1. The minimum atomic E-state index is -3.45. The van der Waals surface area contributed by atoms with E-state index in [1.807, 2.05) is 6.92 Å². The number of aliphatic imine (C=N–C) groups is 1. The number of hydroxylamine groups is 1. The molecule has 0 fully saturated rings. The molecule has 8 heteroatoms. The maximum absolute atomic E-state index is 11.3. The summed E-state index contributed by atoms with van der Waals surface area (Å²) in [7, 11) is -2.00. The Bertz CT molecular complexity index is 566. The van der Waals surface area contributed by atoms with Crippen LogP contribution in [-0.2, 0) is 14.7 Å². The van der Waals surface area contributed by atoms with Gasteiger partial charge in [0.25, 0.3) is 0 Å². The van der Waals surface area contributed by atoms with Gasteiger partial charge in [-0.1, -0.05) is 6.08 Å². The van der Waals surface area contributed by atoms with Gasteiger partial charge in [-0.2, -0.15) is 4.98 Å². The number of sulfone groups is 1. The molecule has 0 aliphatic heterocycles. The number of allylic oxidation sites excluding steroid dienone is 1. The second-order valence-electron chi connectivity index (χ2n) is 3.27. The highest BCUT2D eigenvalue weighted by atomic mass is 32.2. The smallest absolute Gasteiger partial charge is 0.248 e. The van der Waals surface area contributed by atoms with Crippen LogP contribution in [-0.4, -0.2) is 37.6 Å². The minimum Gasteiger partial charge on any atom is -0.278 e. The zero-order chi connectivity index (χ0) is 13.6. The van der Waals surface area contributed by atoms with Crippen LogP contribution in [0.15, 0.2) is 34.6 Å². The molecule has 0 saturated heterocycles. The van der Waals surface area contributed by atoms with Crippen molar-refractivity contribution in [2.75, 3.05) is 13.4 Å². The van der Waals surface area contributed by atoms with Gasteiger partial charge in [0.1, 0.15) is 0 Å². The van der Waals surface area contributed by atoms with Gasteiger partial charge in [0.2, 0.25) is 15.0 Å². The number of nitrogens with zero attached hydrogens (tertiary/aromatic N) is 3. The van der Waals surface area contributed by atoms with E-state index in [0.29, 0.717) is 5.84 Å². The summed E-state index contributed by atoms with van der Waals surface area (Å²) in [6, 6.07) is 1.50. The van der Waals surface area contributed by atoms with Crippen LogP contribution in [0.4, 0.5) is 5.82 Å². The topological polar surface area (TPSA) is 93.5 Å². The van der Waals surface area contributed by atoms with Crippen molar-refractivity contribution >= 4 is 21.5 Å². The van der Waals surface area contributed by atoms with Crippen LogP contribution >= 0.6 is 0 Å². The van der Waals surface area contributed by atoms with Crippen molar-refractivity contribution in [3.63, 3.8) is 0 Å². The van der Waals surface area contributed by atoms with Gasteiger partial charge in [0, 0.05) is 18.5 Å². The van der Waals surface area contributed by atoms with Crippen molar-refractivity contribution in [3.05, 3.63) is 24.4 Å². The highest BCUT2D eigenvalue weighted by molar-refractivity contribution is 7.90. The molecule has 0 aliphatic carbocycles. The summed E-state index contributed by atoms with van der Waals surface area (Å²) in [5.41, 5.74) is 2.54. The molecule has 0 unspecified atom stereocenters. The predicted molar refractivity (Wildman–Crippen MR) is 67.2 cm³/mol. The molecule has 0 bridgehead atoms. The molecule has 1 N–H and O–H groups in total. The Balaban J connectivity index is 3.13. The summed E-state index contributed by atoms with van der Waals surface area (Å²) in [4.78, 5) is 16.3. The zero-order valence-electron chi connectivity index (χ0n) is 10.3. The van der Waals surface area contributed by atoms with Gasteiger partial charge in [-0.25, -0.2) is 23.9 Å². The van der Waals surface area contributed by atoms with E-state index in [1.54, 1.807) is 12.2 Å². The summed E-state index contributed by atoms with van der Waals surface area (Å²) in [5.74, 6) is 0.626. The lowest BCUT2D eigenvalue weighted by Crippen LogP contribution is -2.19. The largest absolute Gasteiger partial charge is 0.278 e. The summed E-state index contributed by atoms with van der Waals surface area (Å²) in [6.45, 7) is 1.81. The first-order valence-electron chi connectivity index (χ1n) is 5.01. The van der Waals surface area contributed by atoms with Gasteiger partial charge in [-0.3, -0.25) is 4.84 Å². The molecule has 0 saturated carbocycles. The summed E-state index contributed by atoms with van der Waals surface area (Å²) in [5, 5.41) is -0.263. The Labute approximate surface area is 106 Å². The first kappa shape index (κ1) is 14.3. The lowest BCUT2D eigenvalue weighted by molar-refractivity contribution is 0.145. The fraction of sp³-hybridized carbons (Fsp3) is 0.300. The van der Waals surface area contributed by atoms with Crippen molar-refractivity contribution in [2.45, 2.75) is 12.1 Å². The van der Waals surface area contributed by atoms with Crippen molar-refractivity contribution in [3.8, 4) is 0 Å². The molecule has 7 nitrogen and oxygen atoms in total. The normalized spacial score (nSPS) is 12.9. The fourth-order valence-electron chi connectivity index (χ4n) is 1.05. The van der Waals surface area contributed by atoms with Crippen molar-refractivity contribution < 1.29 is 13.3 Å². The molecule has 1 rings (SSSR count).